The molecule has 10 heavy (non-hydrogen) atoms. The van der Waals surface area contributed by atoms with Crippen molar-refractivity contribution in [3.63, 3.8) is 0 Å². The lowest BCUT2D eigenvalue weighted by molar-refractivity contribution is 0.380. The first-order valence-electron chi connectivity index (χ1n) is 3.10. The van der Waals surface area contributed by atoms with E-state index in [4.69, 9.17) is 0 Å². The lowest BCUT2D eigenvalue weighted by Gasteiger charge is -2.15. The number of allylic oxidation sites excluding steroid dienone is 2. The van der Waals surface area contributed by atoms with Crippen molar-refractivity contribution < 1.29 is 0 Å². The van der Waals surface area contributed by atoms with E-state index in [0.29, 0.717) is 0 Å². The predicted octanol–water partition coefficient (Wildman–Crippen LogP) is 0.0983. The van der Waals surface area contributed by atoms with Crippen LogP contribution in [0.3, 0.4) is 0 Å². The second-order valence-electron chi connectivity index (χ2n) is 2.27. The molecule has 0 saturated heterocycles. The molecule has 0 saturated carbocycles. The molecule has 0 aromatic rings. The van der Waals surface area contributed by atoms with Gasteiger partial charge in [-0.1, -0.05) is 6.08 Å². The van der Waals surface area contributed by atoms with E-state index in [9.17, 15) is 0 Å². The van der Waals surface area contributed by atoms with Crippen LogP contribution < -0.4 is 11.1 Å². The van der Waals surface area contributed by atoms with Crippen molar-refractivity contribution in [3.05, 3.63) is 23.9 Å². The summed E-state index contributed by atoms with van der Waals surface area (Å²) in [5, 5.41) is 5.77. The smallest absolute Gasteiger partial charge is 0.169 e. The van der Waals surface area contributed by atoms with Crippen molar-refractivity contribution in [1.29, 1.82) is 0 Å². The summed E-state index contributed by atoms with van der Waals surface area (Å²) in [4.78, 5) is 0. The highest BCUT2D eigenvalue weighted by Crippen LogP contribution is 2.07. The van der Waals surface area contributed by atoms with Gasteiger partial charge < -0.3 is 0 Å². The lowest BCUT2D eigenvalue weighted by atomic mass is 10.2. The SMILES string of the molecule is CC1=CN2NNN=C2C=C1. The summed E-state index contributed by atoms with van der Waals surface area (Å²) < 4.78 is 0. The average Bonchev–Trinajstić information content (AvgIpc) is 2.33. The summed E-state index contributed by atoms with van der Waals surface area (Å²) >= 11 is 0. The number of fused-ring (bicyclic) bond motifs is 1. The molecule has 0 unspecified atom stereocenters. The van der Waals surface area contributed by atoms with Gasteiger partial charge in [0.1, 0.15) is 0 Å². The number of nitrogens with one attached hydrogen (secondary N) is 2. The molecule has 0 radical (unpaired) electrons. The van der Waals surface area contributed by atoms with Crippen LogP contribution in [0.25, 0.3) is 0 Å². The molecule has 4 nitrogen and oxygen atoms in total. The van der Waals surface area contributed by atoms with Crippen LogP contribution in [0.1, 0.15) is 6.92 Å². The fraction of sp³-hybridized carbons (Fsp3) is 0.167. The Balaban J connectivity index is 2.32. The molecular formula is C6H8N4. The highest BCUT2D eigenvalue weighted by Gasteiger charge is 2.13. The number of amidine groups is 1. The zero-order valence-electron chi connectivity index (χ0n) is 5.63. The maximum atomic E-state index is 3.94. The number of nitrogens with zero attached hydrogens (tertiary/aromatic N) is 2. The van der Waals surface area contributed by atoms with Gasteiger partial charge in [-0.2, -0.15) is 0 Å². The van der Waals surface area contributed by atoms with Crippen LogP contribution in [0.4, 0.5) is 0 Å². The Kier molecular flexibility index (Phi) is 1.01. The van der Waals surface area contributed by atoms with Crippen LogP contribution in [0.5, 0.6) is 0 Å². The maximum Gasteiger partial charge on any atom is 0.169 e. The van der Waals surface area contributed by atoms with E-state index < -0.39 is 0 Å². The van der Waals surface area contributed by atoms with Gasteiger partial charge in [0.2, 0.25) is 0 Å². The molecule has 2 rings (SSSR count). The van der Waals surface area contributed by atoms with Gasteiger partial charge in [-0.3, -0.25) is 0 Å². The van der Waals surface area contributed by atoms with Crippen LogP contribution in [0, 0.1) is 0 Å². The van der Waals surface area contributed by atoms with Crippen LogP contribution >= 0.6 is 0 Å². The van der Waals surface area contributed by atoms with Crippen molar-refractivity contribution in [2.24, 2.45) is 5.10 Å². The van der Waals surface area contributed by atoms with E-state index in [1.54, 1.807) is 0 Å². The first kappa shape index (κ1) is 5.49. The fourth-order valence-corrected chi connectivity index (χ4v) is 0.916. The second-order valence-corrected chi connectivity index (χ2v) is 2.27. The molecule has 0 spiro atoms. The van der Waals surface area contributed by atoms with Gasteiger partial charge in [-0.25, -0.2) is 10.5 Å². The fourth-order valence-electron chi connectivity index (χ4n) is 0.916. The quantitative estimate of drug-likeness (QED) is 0.496. The minimum Gasteiger partial charge on any atom is -0.246 e. The maximum absolute atomic E-state index is 3.94. The number of hydrogen-bond donors (Lipinski definition) is 2. The van der Waals surface area contributed by atoms with Crippen molar-refractivity contribution in [2.75, 3.05) is 0 Å². The third-order valence-corrected chi connectivity index (χ3v) is 1.42. The Morgan fingerprint density at radius 3 is 3.30 bits per heavy atom. The van der Waals surface area contributed by atoms with Crippen LogP contribution in [-0.2, 0) is 0 Å². The molecule has 0 aromatic heterocycles. The van der Waals surface area contributed by atoms with E-state index in [1.165, 1.54) is 5.57 Å². The zero-order valence-corrected chi connectivity index (χ0v) is 5.63. The Labute approximate surface area is 58.8 Å². The molecule has 2 heterocycles. The van der Waals surface area contributed by atoms with Crippen LogP contribution in [0.15, 0.2) is 29.0 Å². The van der Waals surface area contributed by atoms with Gasteiger partial charge in [0.15, 0.2) is 5.84 Å². The van der Waals surface area contributed by atoms with Gasteiger partial charge >= 0.3 is 0 Å². The summed E-state index contributed by atoms with van der Waals surface area (Å²) in [6, 6.07) is 0. The van der Waals surface area contributed by atoms with Crippen molar-refractivity contribution in [3.8, 4) is 0 Å². The average molecular weight is 136 g/mol. The third-order valence-electron chi connectivity index (χ3n) is 1.42. The Morgan fingerprint density at radius 2 is 2.40 bits per heavy atom. The summed E-state index contributed by atoms with van der Waals surface area (Å²) in [6.07, 6.45) is 5.94. The molecule has 0 amide bonds. The summed E-state index contributed by atoms with van der Waals surface area (Å²) in [5.74, 6) is 0.894. The minimum atomic E-state index is 0.894. The van der Waals surface area contributed by atoms with E-state index in [1.807, 2.05) is 30.3 Å². The minimum absolute atomic E-state index is 0.894. The van der Waals surface area contributed by atoms with Crippen molar-refractivity contribution >= 4 is 5.84 Å². The molecule has 4 heteroatoms. The van der Waals surface area contributed by atoms with Gasteiger partial charge in [0.25, 0.3) is 0 Å². The lowest BCUT2D eigenvalue weighted by Crippen LogP contribution is -2.37. The zero-order chi connectivity index (χ0) is 6.97. The van der Waals surface area contributed by atoms with E-state index in [-0.39, 0.29) is 0 Å². The molecular weight excluding hydrogens is 128 g/mol. The first-order valence-corrected chi connectivity index (χ1v) is 3.10. The van der Waals surface area contributed by atoms with E-state index >= 15 is 0 Å². The van der Waals surface area contributed by atoms with Gasteiger partial charge in [-0.05, 0) is 18.6 Å². The second kappa shape index (κ2) is 1.85. The number of rotatable bonds is 0. The normalized spacial score (nSPS) is 21.5. The molecule has 2 aliphatic rings. The molecule has 2 aliphatic heterocycles. The first-order chi connectivity index (χ1) is 4.86. The van der Waals surface area contributed by atoms with Crippen LogP contribution in [0.2, 0.25) is 0 Å². The van der Waals surface area contributed by atoms with Crippen LogP contribution in [-0.4, -0.2) is 10.8 Å². The topological polar surface area (TPSA) is 39.7 Å². The summed E-state index contributed by atoms with van der Waals surface area (Å²) in [6.45, 7) is 2.04. The third kappa shape index (κ3) is 0.698. The number of hydrazine groups is 2. The summed E-state index contributed by atoms with van der Waals surface area (Å²) in [5.41, 5.74) is 6.70. The molecule has 2 N–H and O–H groups in total. The molecule has 0 bridgehead atoms. The monoisotopic (exact) mass is 136 g/mol. The Morgan fingerprint density at radius 1 is 1.50 bits per heavy atom. The number of hydrazone groups is 1. The number of hydrogen-bond acceptors (Lipinski definition) is 4. The Bertz CT molecular complexity index is 238. The Hall–Kier alpha value is -1.29. The molecule has 52 valence electrons. The van der Waals surface area contributed by atoms with Gasteiger partial charge in [0, 0.05) is 6.20 Å². The standard InChI is InChI=1S/C6H8N4/c1-5-2-3-6-7-8-9-10(6)4-5/h2-4,8-9H,1H3. The van der Waals surface area contributed by atoms with Gasteiger partial charge in [0.05, 0.1) is 0 Å². The largest absolute Gasteiger partial charge is 0.246 e. The van der Waals surface area contributed by atoms with Gasteiger partial charge in [-0.15, -0.1) is 10.6 Å². The predicted molar refractivity (Wildman–Crippen MR) is 38.4 cm³/mol. The molecule has 0 atom stereocenters. The van der Waals surface area contributed by atoms with Crippen molar-refractivity contribution in [1.82, 2.24) is 16.1 Å². The summed E-state index contributed by atoms with van der Waals surface area (Å²) in [7, 11) is 0. The molecule has 0 aromatic carbocycles. The molecule has 0 fully saturated rings. The highest BCUT2D eigenvalue weighted by molar-refractivity contribution is 5.95. The van der Waals surface area contributed by atoms with E-state index in [2.05, 4.69) is 16.2 Å². The molecule has 0 aliphatic carbocycles. The highest BCUT2D eigenvalue weighted by atomic mass is 15.8. The van der Waals surface area contributed by atoms with E-state index in [0.717, 1.165) is 5.84 Å². The van der Waals surface area contributed by atoms with Crippen molar-refractivity contribution in [2.45, 2.75) is 6.92 Å².